The topological polar surface area (TPSA) is 228 Å². The maximum absolute atomic E-state index is 13.0. The minimum absolute atomic E-state index is 0.261. The van der Waals surface area contributed by atoms with Crippen molar-refractivity contribution >= 4 is 5.91 Å². The number of amides is 1. The van der Waals surface area contributed by atoms with E-state index >= 15 is 0 Å². The molecule has 0 bridgehead atoms. The van der Waals surface area contributed by atoms with Crippen molar-refractivity contribution in [3.05, 3.63) is 36.5 Å². The Labute approximate surface area is 334 Å². The Bertz CT molecular complexity index is 1090. The second-order valence-corrected chi connectivity index (χ2v) is 15.1. The van der Waals surface area contributed by atoms with E-state index in [1.54, 1.807) is 6.08 Å². The number of unbranched alkanes of at least 4 members (excludes halogenated alkanes) is 13. The lowest BCUT2D eigenvalue weighted by Crippen LogP contribution is -2.65. The second kappa shape index (κ2) is 30.3. The number of ether oxygens (including phenoxy) is 4. The summed E-state index contributed by atoms with van der Waals surface area (Å²) in [6, 6.07) is -0.917. The highest BCUT2D eigenvalue weighted by Crippen LogP contribution is 2.29. The SMILES string of the molecule is CCC/C=C\C/C=C\CCCCCCCC(=O)NC(COC1OC(CO)C(OC2OC(CO)C(O)C(O)C2O)C(O)C1O)C(O)/C=C/CCCCCCCCC. The number of carbonyl (C=O) groups is 1. The van der Waals surface area contributed by atoms with Gasteiger partial charge >= 0.3 is 0 Å². The first-order valence-electron chi connectivity index (χ1n) is 21.2. The van der Waals surface area contributed by atoms with Crippen molar-refractivity contribution in [3.63, 3.8) is 0 Å². The van der Waals surface area contributed by atoms with Crippen molar-refractivity contribution in [2.45, 2.75) is 203 Å². The predicted octanol–water partition coefficient (Wildman–Crippen LogP) is 3.20. The van der Waals surface area contributed by atoms with Crippen LogP contribution >= 0.6 is 0 Å². The lowest BCUT2D eigenvalue weighted by atomic mass is 9.97. The van der Waals surface area contributed by atoms with E-state index in [9.17, 15) is 45.6 Å². The van der Waals surface area contributed by atoms with Gasteiger partial charge in [0.05, 0.1) is 32.0 Å². The first-order valence-corrected chi connectivity index (χ1v) is 21.2. The molecule has 2 fully saturated rings. The number of hydrogen-bond donors (Lipinski definition) is 9. The van der Waals surface area contributed by atoms with E-state index in [1.807, 2.05) is 6.08 Å². The molecule has 0 aromatic rings. The fourth-order valence-electron chi connectivity index (χ4n) is 6.74. The van der Waals surface area contributed by atoms with Crippen LogP contribution in [0.25, 0.3) is 0 Å². The first kappa shape index (κ1) is 50.4. The maximum Gasteiger partial charge on any atom is 0.220 e. The number of carbonyl (C=O) groups excluding carboxylic acids is 1. The third kappa shape index (κ3) is 18.9. The number of allylic oxidation sites excluding steroid dienone is 5. The number of rotatable bonds is 30. The van der Waals surface area contributed by atoms with E-state index in [0.29, 0.717) is 6.42 Å². The molecule has 0 aliphatic carbocycles. The van der Waals surface area contributed by atoms with E-state index in [4.69, 9.17) is 18.9 Å². The van der Waals surface area contributed by atoms with Crippen LogP contribution in [-0.4, -0.2) is 140 Å². The van der Waals surface area contributed by atoms with Crippen molar-refractivity contribution < 1.29 is 64.6 Å². The van der Waals surface area contributed by atoms with Crippen molar-refractivity contribution in [2.24, 2.45) is 0 Å². The molecule has 2 aliphatic heterocycles. The van der Waals surface area contributed by atoms with E-state index < -0.39 is 86.8 Å². The first-order chi connectivity index (χ1) is 27.1. The number of nitrogens with one attached hydrogen (secondary N) is 1. The summed E-state index contributed by atoms with van der Waals surface area (Å²) in [5.74, 6) is -0.261. The smallest absolute Gasteiger partial charge is 0.220 e. The zero-order valence-corrected chi connectivity index (χ0v) is 33.9. The summed E-state index contributed by atoms with van der Waals surface area (Å²) in [5.41, 5.74) is 0. The molecule has 0 aromatic carbocycles. The van der Waals surface area contributed by atoms with Crippen molar-refractivity contribution in [2.75, 3.05) is 19.8 Å². The quantitative estimate of drug-likeness (QED) is 0.0376. The third-order valence-corrected chi connectivity index (χ3v) is 10.3. The summed E-state index contributed by atoms with van der Waals surface area (Å²) < 4.78 is 22.5. The van der Waals surface area contributed by atoms with Crippen LogP contribution in [0, 0.1) is 0 Å². The summed E-state index contributed by atoms with van der Waals surface area (Å²) in [6.07, 6.45) is 13.5. The van der Waals surface area contributed by atoms with Gasteiger partial charge < -0.3 is 65.1 Å². The van der Waals surface area contributed by atoms with Crippen LogP contribution in [0.3, 0.4) is 0 Å². The summed E-state index contributed by atoms with van der Waals surface area (Å²) in [7, 11) is 0. The van der Waals surface area contributed by atoms with Gasteiger partial charge in [0.15, 0.2) is 12.6 Å². The van der Waals surface area contributed by atoms with Gasteiger partial charge in [-0.05, 0) is 44.9 Å². The van der Waals surface area contributed by atoms with Gasteiger partial charge in [0.1, 0.15) is 48.8 Å². The van der Waals surface area contributed by atoms with Crippen LogP contribution in [0.2, 0.25) is 0 Å². The fraction of sp³-hybridized carbons (Fsp3) is 0.833. The molecule has 2 aliphatic rings. The van der Waals surface area contributed by atoms with Gasteiger partial charge in [-0.3, -0.25) is 4.79 Å². The Balaban J connectivity index is 1.93. The van der Waals surface area contributed by atoms with E-state index in [2.05, 4.69) is 43.5 Å². The predicted molar refractivity (Wildman–Crippen MR) is 212 cm³/mol. The Hall–Kier alpha value is -1.79. The van der Waals surface area contributed by atoms with Gasteiger partial charge in [-0.1, -0.05) is 115 Å². The standard InChI is InChI=1S/C42H75NO13/c1-3-5-7-9-11-13-14-15-16-18-20-22-24-26-34(47)43-30(31(46)25-23-21-19-17-12-10-8-6-4-2)29-53-41-39(52)37(50)40(33(28-45)55-41)56-42-38(51)36(49)35(48)32(27-44)54-42/h7,9,13-14,23,25,30-33,35-42,44-46,48-52H,3-6,8,10-12,15-22,24,26-29H2,1-2H3,(H,43,47)/b9-7-,14-13-,25-23+. The third-order valence-electron chi connectivity index (χ3n) is 10.3. The minimum atomic E-state index is -1.79. The highest BCUT2D eigenvalue weighted by atomic mass is 16.7. The molecule has 12 atom stereocenters. The lowest BCUT2D eigenvalue weighted by molar-refractivity contribution is -0.359. The normalized spacial score (nSPS) is 29.8. The molecule has 9 N–H and O–H groups in total. The molecule has 14 heteroatoms. The van der Waals surface area contributed by atoms with Crippen LogP contribution in [0.15, 0.2) is 36.5 Å². The van der Waals surface area contributed by atoms with Gasteiger partial charge in [-0.15, -0.1) is 0 Å². The van der Waals surface area contributed by atoms with Crippen LogP contribution in [0.1, 0.15) is 129 Å². The largest absolute Gasteiger partial charge is 0.394 e. The summed E-state index contributed by atoms with van der Waals surface area (Å²) >= 11 is 0. The molecular formula is C42H75NO13. The highest BCUT2D eigenvalue weighted by Gasteiger charge is 2.50. The van der Waals surface area contributed by atoms with Gasteiger partial charge in [-0.2, -0.15) is 0 Å². The number of hydrogen-bond acceptors (Lipinski definition) is 13. The van der Waals surface area contributed by atoms with Gasteiger partial charge in [0, 0.05) is 6.42 Å². The second-order valence-electron chi connectivity index (χ2n) is 15.1. The molecule has 56 heavy (non-hydrogen) atoms. The molecule has 0 saturated carbocycles. The average molecular weight is 802 g/mol. The van der Waals surface area contributed by atoms with Crippen molar-refractivity contribution in [1.82, 2.24) is 5.32 Å². The Morgan fingerprint density at radius 3 is 1.86 bits per heavy atom. The zero-order valence-electron chi connectivity index (χ0n) is 33.9. The van der Waals surface area contributed by atoms with E-state index in [0.717, 1.165) is 77.0 Å². The Morgan fingerprint density at radius 1 is 0.643 bits per heavy atom. The molecule has 326 valence electrons. The van der Waals surface area contributed by atoms with Gasteiger partial charge in [-0.25, -0.2) is 0 Å². The van der Waals surface area contributed by atoms with Crippen molar-refractivity contribution in [3.8, 4) is 0 Å². The van der Waals surface area contributed by atoms with E-state index in [1.165, 1.54) is 25.7 Å². The van der Waals surface area contributed by atoms with Crippen molar-refractivity contribution in [1.29, 1.82) is 0 Å². The molecule has 2 rings (SSSR count). The summed E-state index contributed by atoms with van der Waals surface area (Å²) in [5, 5.41) is 86.1. The number of aliphatic hydroxyl groups is 8. The summed E-state index contributed by atoms with van der Waals surface area (Å²) in [6.45, 7) is 2.63. The summed E-state index contributed by atoms with van der Waals surface area (Å²) in [4.78, 5) is 13.0. The van der Waals surface area contributed by atoms with Crippen LogP contribution in [0.4, 0.5) is 0 Å². The molecular weight excluding hydrogens is 726 g/mol. The maximum atomic E-state index is 13.0. The molecule has 0 spiro atoms. The van der Waals surface area contributed by atoms with Gasteiger partial charge in [0.2, 0.25) is 5.91 Å². The Kier molecular flexibility index (Phi) is 27.2. The minimum Gasteiger partial charge on any atom is -0.394 e. The molecule has 1 amide bonds. The highest BCUT2D eigenvalue weighted by molar-refractivity contribution is 5.76. The molecule has 0 aromatic heterocycles. The fourth-order valence-corrected chi connectivity index (χ4v) is 6.74. The van der Waals surface area contributed by atoms with Gasteiger partial charge in [0.25, 0.3) is 0 Å². The molecule has 12 unspecified atom stereocenters. The lowest BCUT2D eigenvalue weighted by Gasteiger charge is -2.46. The zero-order chi connectivity index (χ0) is 41.1. The Morgan fingerprint density at radius 2 is 1.21 bits per heavy atom. The van der Waals surface area contributed by atoms with Crippen LogP contribution < -0.4 is 5.32 Å². The molecule has 14 nitrogen and oxygen atoms in total. The average Bonchev–Trinajstić information content (AvgIpc) is 3.19. The molecule has 2 heterocycles. The van der Waals surface area contributed by atoms with Crippen LogP contribution in [-0.2, 0) is 23.7 Å². The number of aliphatic hydroxyl groups excluding tert-OH is 8. The molecule has 2 saturated heterocycles. The molecule has 0 radical (unpaired) electrons. The monoisotopic (exact) mass is 802 g/mol. The van der Waals surface area contributed by atoms with E-state index in [-0.39, 0.29) is 18.9 Å². The van der Waals surface area contributed by atoms with Crippen LogP contribution in [0.5, 0.6) is 0 Å².